The number of halogens is 2. The molecule has 0 aromatic heterocycles. The fourth-order valence-electron chi connectivity index (χ4n) is 2.23. The van der Waals surface area contributed by atoms with Gasteiger partial charge < -0.3 is 5.32 Å². The molecule has 0 heterocycles. The molecule has 1 amide bonds. The third kappa shape index (κ3) is 4.72. The largest absolute Gasteiger partial charge is 0.339 e. The van der Waals surface area contributed by atoms with Gasteiger partial charge in [0.25, 0.3) is 0 Å². The summed E-state index contributed by atoms with van der Waals surface area (Å²) >= 11 is 5.99. The van der Waals surface area contributed by atoms with Crippen molar-refractivity contribution in [1.29, 1.82) is 0 Å². The van der Waals surface area contributed by atoms with Gasteiger partial charge in [0.1, 0.15) is 11.4 Å². The van der Waals surface area contributed by atoms with E-state index in [9.17, 15) is 9.18 Å². The van der Waals surface area contributed by atoms with Crippen molar-refractivity contribution in [3.8, 4) is 12.3 Å². The van der Waals surface area contributed by atoms with Crippen molar-refractivity contribution in [2.24, 2.45) is 0 Å². The Bertz CT molecular complexity index is 544. The van der Waals surface area contributed by atoms with Gasteiger partial charge in [-0.1, -0.05) is 37.4 Å². The van der Waals surface area contributed by atoms with Gasteiger partial charge in [-0.15, -0.1) is 6.42 Å². The van der Waals surface area contributed by atoms with Gasteiger partial charge in [0, 0.05) is 17.1 Å². The standard InChI is InChI=1S/C17H22ClFN2O/c1-5-17(6-2,7-3)20-16(22)12-21(4)11-13-14(18)9-8-10-15(13)19/h1,8-10H,6-7,11-12H2,2-4H3,(H,20,22). The Morgan fingerprint density at radius 1 is 1.45 bits per heavy atom. The smallest absolute Gasteiger partial charge is 0.235 e. The van der Waals surface area contributed by atoms with E-state index >= 15 is 0 Å². The van der Waals surface area contributed by atoms with Crippen LogP contribution in [0.25, 0.3) is 0 Å². The molecular weight excluding hydrogens is 303 g/mol. The number of carbonyl (C=O) groups excluding carboxylic acids is 1. The van der Waals surface area contributed by atoms with E-state index < -0.39 is 5.54 Å². The fourth-order valence-corrected chi connectivity index (χ4v) is 2.45. The van der Waals surface area contributed by atoms with Gasteiger partial charge in [0.05, 0.1) is 6.54 Å². The topological polar surface area (TPSA) is 32.3 Å². The third-order valence-corrected chi connectivity index (χ3v) is 4.12. The molecule has 0 saturated carbocycles. The Balaban J connectivity index is 2.67. The lowest BCUT2D eigenvalue weighted by Gasteiger charge is -2.28. The molecular formula is C17H22ClFN2O. The molecule has 0 fully saturated rings. The molecule has 0 unspecified atom stereocenters. The normalized spacial score (nSPS) is 11.3. The van der Waals surface area contributed by atoms with E-state index in [1.54, 1.807) is 24.1 Å². The number of nitrogens with one attached hydrogen (secondary N) is 1. The van der Waals surface area contributed by atoms with E-state index in [4.69, 9.17) is 18.0 Å². The number of carbonyl (C=O) groups is 1. The van der Waals surface area contributed by atoms with Crippen molar-refractivity contribution in [2.45, 2.75) is 38.8 Å². The second-order valence-electron chi connectivity index (χ2n) is 5.35. The number of likely N-dealkylation sites (N-methyl/N-ethyl adjacent to an activating group) is 1. The first-order valence-corrected chi connectivity index (χ1v) is 7.65. The molecule has 22 heavy (non-hydrogen) atoms. The summed E-state index contributed by atoms with van der Waals surface area (Å²) in [7, 11) is 1.73. The van der Waals surface area contributed by atoms with Crippen molar-refractivity contribution >= 4 is 17.5 Å². The van der Waals surface area contributed by atoms with Crippen LogP contribution in [0.3, 0.4) is 0 Å². The van der Waals surface area contributed by atoms with Crippen LogP contribution >= 0.6 is 11.6 Å². The predicted molar refractivity (Wildman–Crippen MR) is 88.0 cm³/mol. The lowest BCUT2D eigenvalue weighted by Crippen LogP contribution is -2.49. The zero-order valence-corrected chi connectivity index (χ0v) is 14.0. The summed E-state index contributed by atoms with van der Waals surface area (Å²) < 4.78 is 13.7. The molecule has 120 valence electrons. The van der Waals surface area contributed by atoms with Crippen molar-refractivity contribution in [2.75, 3.05) is 13.6 Å². The summed E-state index contributed by atoms with van der Waals surface area (Å²) in [6.45, 7) is 4.24. The van der Waals surface area contributed by atoms with Gasteiger partial charge >= 0.3 is 0 Å². The second kappa shape index (κ2) is 8.17. The van der Waals surface area contributed by atoms with Crippen LogP contribution in [0.2, 0.25) is 5.02 Å². The van der Waals surface area contributed by atoms with Crippen LogP contribution in [0.5, 0.6) is 0 Å². The van der Waals surface area contributed by atoms with Crippen LogP contribution in [0, 0.1) is 18.2 Å². The maximum Gasteiger partial charge on any atom is 0.235 e. The molecule has 1 aromatic rings. The van der Waals surface area contributed by atoms with Gasteiger partial charge in [0.2, 0.25) is 5.91 Å². The zero-order valence-electron chi connectivity index (χ0n) is 13.2. The molecule has 0 spiro atoms. The summed E-state index contributed by atoms with van der Waals surface area (Å²) in [5.41, 5.74) is -0.234. The van der Waals surface area contributed by atoms with Crippen LogP contribution in [-0.4, -0.2) is 29.9 Å². The number of rotatable bonds is 7. The van der Waals surface area contributed by atoms with Crippen LogP contribution in [0.1, 0.15) is 32.3 Å². The number of benzene rings is 1. The minimum Gasteiger partial charge on any atom is -0.339 e. The monoisotopic (exact) mass is 324 g/mol. The molecule has 0 aliphatic rings. The summed E-state index contributed by atoms with van der Waals surface area (Å²) in [5, 5.41) is 3.24. The molecule has 0 atom stereocenters. The highest BCUT2D eigenvalue weighted by Gasteiger charge is 2.25. The first-order chi connectivity index (χ1) is 10.4. The fraction of sp³-hybridized carbons (Fsp3) is 0.471. The Hall–Kier alpha value is -1.57. The summed E-state index contributed by atoms with van der Waals surface area (Å²) in [6, 6.07) is 4.54. The molecule has 0 radical (unpaired) electrons. The zero-order chi connectivity index (χ0) is 16.8. The number of amides is 1. The minimum absolute atomic E-state index is 0.119. The van der Waals surface area contributed by atoms with E-state index in [2.05, 4.69) is 11.2 Å². The highest BCUT2D eigenvalue weighted by atomic mass is 35.5. The van der Waals surface area contributed by atoms with Crippen LogP contribution in [0.15, 0.2) is 18.2 Å². The van der Waals surface area contributed by atoms with Crippen molar-refractivity contribution in [3.63, 3.8) is 0 Å². The molecule has 0 saturated heterocycles. The lowest BCUT2D eigenvalue weighted by atomic mass is 9.94. The van der Waals surface area contributed by atoms with E-state index in [0.29, 0.717) is 23.4 Å². The maximum absolute atomic E-state index is 13.7. The quantitative estimate of drug-likeness (QED) is 0.781. The number of nitrogens with zero attached hydrogens (tertiary/aromatic N) is 1. The van der Waals surface area contributed by atoms with Crippen molar-refractivity contribution < 1.29 is 9.18 Å². The van der Waals surface area contributed by atoms with Crippen LogP contribution in [-0.2, 0) is 11.3 Å². The van der Waals surface area contributed by atoms with Crippen LogP contribution in [0.4, 0.5) is 4.39 Å². The molecule has 0 aliphatic heterocycles. The van der Waals surface area contributed by atoms with E-state index in [-0.39, 0.29) is 24.8 Å². The molecule has 1 N–H and O–H groups in total. The van der Waals surface area contributed by atoms with Crippen molar-refractivity contribution in [1.82, 2.24) is 10.2 Å². The SMILES string of the molecule is C#CC(CC)(CC)NC(=O)CN(C)Cc1c(F)cccc1Cl. The maximum atomic E-state index is 13.7. The van der Waals surface area contributed by atoms with Gasteiger partial charge in [-0.25, -0.2) is 4.39 Å². The Morgan fingerprint density at radius 2 is 2.09 bits per heavy atom. The first-order valence-electron chi connectivity index (χ1n) is 7.27. The first kappa shape index (κ1) is 18.5. The predicted octanol–water partition coefficient (Wildman–Crippen LogP) is 3.22. The molecule has 3 nitrogen and oxygen atoms in total. The average molecular weight is 325 g/mol. The third-order valence-electron chi connectivity index (χ3n) is 3.77. The Labute approximate surface area is 136 Å². The number of hydrogen-bond acceptors (Lipinski definition) is 2. The Morgan fingerprint density at radius 3 is 2.59 bits per heavy atom. The van der Waals surface area contributed by atoms with Gasteiger partial charge in [0.15, 0.2) is 0 Å². The van der Waals surface area contributed by atoms with Crippen LogP contribution < -0.4 is 5.32 Å². The number of terminal acetylenes is 1. The highest BCUT2D eigenvalue weighted by Crippen LogP contribution is 2.20. The molecule has 0 aliphatic carbocycles. The minimum atomic E-state index is -0.617. The Kier molecular flexibility index (Phi) is 6.86. The molecule has 0 bridgehead atoms. The molecule has 1 rings (SSSR count). The van der Waals surface area contributed by atoms with E-state index in [1.165, 1.54) is 6.07 Å². The second-order valence-corrected chi connectivity index (χ2v) is 5.76. The van der Waals surface area contributed by atoms with E-state index in [0.717, 1.165) is 0 Å². The lowest BCUT2D eigenvalue weighted by molar-refractivity contribution is -0.123. The van der Waals surface area contributed by atoms with Gasteiger partial charge in [-0.2, -0.15) is 0 Å². The van der Waals surface area contributed by atoms with Gasteiger partial charge in [-0.05, 0) is 32.0 Å². The highest BCUT2D eigenvalue weighted by molar-refractivity contribution is 6.31. The average Bonchev–Trinajstić information content (AvgIpc) is 2.49. The van der Waals surface area contributed by atoms with Crippen molar-refractivity contribution in [3.05, 3.63) is 34.6 Å². The number of hydrogen-bond donors (Lipinski definition) is 1. The van der Waals surface area contributed by atoms with E-state index in [1.807, 2.05) is 13.8 Å². The molecule has 5 heteroatoms. The summed E-state index contributed by atoms with van der Waals surface area (Å²) in [6.07, 6.45) is 6.85. The van der Waals surface area contributed by atoms with Gasteiger partial charge in [-0.3, -0.25) is 9.69 Å². The summed E-state index contributed by atoms with van der Waals surface area (Å²) in [4.78, 5) is 13.8. The summed E-state index contributed by atoms with van der Waals surface area (Å²) in [5.74, 6) is 2.10. The molecule has 1 aromatic carbocycles.